The first kappa shape index (κ1) is 7.79. The van der Waals surface area contributed by atoms with Crippen molar-refractivity contribution in [1.29, 1.82) is 0 Å². The third-order valence-electron chi connectivity index (χ3n) is 1.18. The molecular formula is C9H9O2. The molecule has 0 spiro atoms. The van der Waals surface area contributed by atoms with E-state index in [1.807, 2.05) is 18.2 Å². The van der Waals surface area contributed by atoms with Crippen LogP contribution in [-0.4, -0.2) is 12.4 Å². The van der Waals surface area contributed by atoms with Crippen molar-refractivity contribution in [3.05, 3.63) is 37.3 Å². The lowest BCUT2D eigenvalue weighted by Gasteiger charge is -2.06. The summed E-state index contributed by atoms with van der Waals surface area (Å²) in [5.74, 6) is 0.666. The average Bonchev–Trinajstić information content (AvgIpc) is 2.06. The van der Waals surface area contributed by atoms with E-state index >= 15 is 0 Å². The van der Waals surface area contributed by atoms with Crippen LogP contribution in [0.5, 0.6) is 5.75 Å². The van der Waals surface area contributed by atoms with Crippen molar-refractivity contribution < 1.29 is 9.53 Å². The molecule has 2 heteroatoms. The number of benzene rings is 1. The van der Waals surface area contributed by atoms with Crippen LogP contribution in [0.3, 0.4) is 0 Å². The molecule has 0 bridgehead atoms. The van der Waals surface area contributed by atoms with Gasteiger partial charge in [0.15, 0.2) is 12.4 Å². The second-order valence-corrected chi connectivity index (χ2v) is 2.11. The van der Waals surface area contributed by atoms with Crippen molar-refractivity contribution in [1.82, 2.24) is 0 Å². The van der Waals surface area contributed by atoms with E-state index in [9.17, 15) is 4.79 Å². The number of aldehydes is 1. The van der Waals surface area contributed by atoms with Crippen LogP contribution in [0.1, 0.15) is 0 Å². The lowest BCUT2D eigenvalue weighted by molar-refractivity contribution is -0.112. The molecule has 0 fully saturated rings. The second kappa shape index (κ2) is 3.76. The summed E-state index contributed by atoms with van der Waals surface area (Å²) in [6.07, 6.45) is 0.0462. The van der Waals surface area contributed by atoms with Crippen LogP contribution in [0.4, 0.5) is 0 Å². The Kier molecular flexibility index (Phi) is 2.66. The minimum Gasteiger partial charge on any atom is -0.483 e. The first-order valence-corrected chi connectivity index (χ1v) is 3.33. The first-order valence-electron chi connectivity index (χ1n) is 3.33. The number of ether oxygens (including phenoxy) is 1. The Labute approximate surface area is 65.8 Å². The molecule has 0 aliphatic carbocycles. The van der Waals surface area contributed by atoms with Gasteiger partial charge in [-0.2, -0.15) is 0 Å². The fourth-order valence-corrected chi connectivity index (χ4v) is 0.702. The molecule has 0 aliphatic rings. The van der Waals surface area contributed by atoms with E-state index in [1.165, 1.54) is 0 Å². The molecule has 0 amide bonds. The standard InChI is InChI=1S/C9H9O2/c1-8(7-10)11-9-5-3-2-4-6-9/h2-8H,1H2. The van der Waals surface area contributed by atoms with Crippen molar-refractivity contribution in [2.75, 3.05) is 0 Å². The Morgan fingerprint density at radius 2 is 2.00 bits per heavy atom. The zero-order chi connectivity index (χ0) is 8.10. The van der Waals surface area contributed by atoms with E-state index in [2.05, 4.69) is 6.92 Å². The molecule has 0 aromatic heterocycles. The highest BCUT2D eigenvalue weighted by molar-refractivity contribution is 5.57. The SMILES string of the molecule is [CH2]C(C=O)Oc1ccccc1. The van der Waals surface area contributed by atoms with Gasteiger partial charge in [-0.3, -0.25) is 4.79 Å². The molecule has 1 radical (unpaired) electrons. The van der Waals surface area contributed by atoms with E-state index in [4.69, 9.17) is 4.74 Å². The van der Waals surface area contributed by atoms with Crippen LogP contribution in [0.15, 0.2) is 30.3 Å². The highest BCUT2D eigenvalue weighted by Gasteiger charge is 1.98. The maximum absolute atomic E-state index is 10.1. The summed E-state index contributed by atoms with van der Waals surface area (Å²) in [6, 6.07) is 9.12. The van der Waals surface area contributed by atoms with Gasteiger partial charge >= 0.3 is 0 Å². The third-order valence-corrected chi connectivity index (χ3v) is 1.18. The number of carbonyl (C=O) groups is 1. The molecule has 1 atom stereocenters. The predicted molar refractivity (Wildman–Crippen MR) is 42.3 cm³/mol. The topological polar surface area (TPSA) is 26.3 Å². The maximum Gasteiger partial charge on any atom is 0.160 e. The van der Waals surface area contributed by atoms with Gasteiger partial charge < -0.3 is 4.74 Å². The predicted octanol–water partition coefficient (Wildman–Crippen LogP) is 1.47. The summed E-state index contributed by atoms with van der Waals surface area (Å²) in [6.45, 7) is 3.46. The van der Waals surface area contributed by atoms with E-state index in [0.717, 1.165) is 0 Å². The van der Waals surface area contributed by atoms with Gasteiger partial charge in [-0.05, 0) is 19.1 Å². The van der Waals surface area contributed by atoms with Crippen LogP contribution in [0.25, 0.3) is 0 Å². The molecule has 0 saturated carbocycles. The molecule has 1 rings (SSSR count). The number of carbonyl (C=O) groups excluding carboxylic acids is 1. The molecule has 0 aliphatic heterocycles. The zero-order valence-corrected chi connectivity index (χ0v) is 6.07. The van der Waals surface area contributed by atoms with Crippen molar-refractivity contribution in [2.45, 2.75) is 6.10 Å². The summed E-state index contributed by atoms with van der Waals surface area (Å²) < 4.78 is 5.08. The summed E-state index contributed by atoms with van der Waals surface area (Å²) in [7, 11) is 0. The monoisotopic (exact) mass is 149 g/mol. The fourth-order valence-electron chi connectivity index (χ4n) is 0.702. The molecular weight excluding hydrogens is 140 g/mol. The van der Waals surface area contributed by atoms with E-state index in [-0.39, 0.29) is 0 Å². The summed E-state index contributed by atoms with van der Waals surface area (Å²) in [5, 5.41) is 0. The summed E-state index contributed by atoms with van der Waals surface area (Å²) in [4.78, 5) is 10.1. The Bertz CT molecular complexity index is 218. The molecule has 0 heterocycles. The third kappa shape index (κ3) is 2.42. The van der Waals surface area contributed by atoms with Crippen molar-refractivity contribution in [3.8, 4) is 5.75 Å². The maximum atomic E-state index is 10.1. The van der Waals surface area contributed by atoms with E-state index in [1.54, 1.807) is 12.1 Å². The van der Waals surface area contributed by atoms with Gasteiger partial charge in [-0.1, -0.05) is 18.2 Å². The highest BCUT2D eigenvalue weighted by Crippen LogP contribution is 2.09. The van der Waals surface area contributed by atoms with Crippen molar-refractivity contribution in [3.63, 3.8) is 0 Å². The van der Waals surface area contributed by atoms with Gasteiger partial charge in [0.2, 0.25) is 0 Å². The van der Waals surface area contributed by atoms with Crippen molar-refractivity contribution in [2.24, 2.45) is 0 Å². The Hall–Kier alpha value is -1.31. The van der Waals surface area contributed by atoms with E-state index < -0.39 is 6.10 Å². The second-order valence-electron chi connectivity index (χ2n) is 2.11. The van der Waals surface area contributed by atoms with Crippen LogP contribution >= 0.6 is 0 Å². The lowest BCUT2D eigenvalue weighted by atomic mass is 10.3. The average molecular weight is 149 g/mol. The van der Waals surface area contributed by atoms with Gasteiger partial charge in [0.25, 0.3) is 0 Å². The summed E-state index contributed by atoms with van der Waals surface area (Å²) >= 11 is 0. The molecule has 0 saturated heterocycles. The highest BCUT2D eigenvalue weighted by atomic mass is 16.5. The van der Waals surface area contributed by atoms with Gasteiger partial charge in [0.05, 0.1) is 0 Å². The lowest BCUT2D eigenvalue weighted by Crippen LogP contribution is -2.12. The van der Waals surface area contributed by atoms with Crippen LogP contribution in [0.2, 0.25) is 0 Å². The molecule has 0 N–H and O–H groups in total. The molecule has 1 unspecified atom stereocenters. The minimum absolute atomic E-state index is 0.614. The molecule has 57 valence electrons. The van der Waals surface area contributed by atoms with Gasteiger partial charge in [0, 0.05) is 0 Å². The quantitative estimate of drug-likeness (QED) is 0.608. The van der Waals surface area contributed by atoms with Crippen LogP contribution in [0, 0.1) is 6.92 Å². The van der Waals surface area contributed by atoms with Gasteiger partial charge in [-0.25, -0.2) is 0 Å². The Balaban J connectivity index is 2.57. The Morgan fingerprint density at radius 3 is 2.55 bits per heavy atom. The van der Waals surface area contributed by atoms with E-state index in [0.29, 0.717) is 12.0 Å². The Morgan fingerprint density at radius 1 is 1.36 bits per heavy atom. The zero-order valence-electron chi connectivity index (χ0n) is 6.07. The first-order chi connectivity index (χ1) is 5.33. The number of hydrogen-bond donors (Lipinski definition) is 0. The normalized spacial score (nSPS) is 12.1. The van der Waals surface area contributed by atoms with Crippen LogP contribution in [-0.2, 0) is 4.79 Å². The molecule has 1 aromatic rings. The smallest absolute Gasteiger partial charge is 0.160 e. The number of hydrogen-bond acceptors (Lipinski definition) is 2. The summed E-state index contributed by atoms with van der Waals surface area (Å²) in [5.41, 5.74) is 0. The number of para-hydroxylation sites is 1. The molecule has 11 heavy (non-hydrogen) atoms. The molecule has 1 aromatic carbocycles. The van der Waals surface area contributed by atoms with Gasteiger partial charge in [-0.15, -0.1) is 0 Å². The van der Waals surface area contributed by atoms with Gasteiger partial charge in [0.1, 0.15) is 5.75 Å². The molecule has 2 nitrogen and oxygen atoms in total. The largest absolute Gasteiger partial charge is 0.483 e. The fraction of sp³-hybridized carbons (Fsp3) is 0.111. The minimum atomic E-state index is -0.614. The van der Waals surface area contributed by atoms with Crippen molar-refractivity contribution >= 4 is 6.29 Å². The number of rotatable bonds is 3. The van der Waals surface area contributed by atoms with Crippen LogP contribution < -0.4 is 4.74 Å².